The van der Waals surface area contributed by atoms with Crippen molar-refractivity contribution >= 4 is 11.9 Å². The maximum Gasteiger partial charge on any atom is 0.306 e. The van der Waals surface area contributed by atoms with Crippen LogP contribution in [0.25, 0.3) is 0 Å². The van der Waals surface area contributed by atoms with E-state index in [1.807, 2.05) is 12.2 Å². The van der Waals surface area contributed by atoms with Crippen molar-refractivity contribution in [1.82, 2.24) is 0 Å². The molecule has 68 heavy (non-hydrogen) atoms. The van der Waals surface area contributed by atoms with Gasteiger partial charge >= 0.3 is 11.9 Å². The molecule has 390 valence electrons. The van der Waals surface area contributed by atoms with Crippen LogP contribution in [0.15, 0.2) is 72.9 Å². The summed E-state index contributed by atoms with van der Waals surface area (Å²) in [5, 5.41) is 72.1. The summed E-state index contributed by atoms with van der Waals surface area (Å²) in [6.45, 7) is 2.37. The fourth-order valence-electron chi connectivity index (χ4n) is 7.47. The third-order valence-corrected chi connectivity index (χ3v) is 11.7. The Labute approximate surface area is 406 Å². The number of carbonyl (C=O) groups excluding carboxylic acids is 2. The van der Waals surface area contributed by atoms with Gasteiger partial charge in [-0.05, 0) is 70.6 Å². The topological polar surface area (TPSA) is 231 Å². The summed E-state index contributed by atoms with van der Waals surface area (Å²) < 4.78 is 33.5. The number of esters is 2. The maximum absolute atomic E-state index is 13.0. The lowest BCUT2D eigenvalue weighted by Gasteiger charge is -2.42. The van der Waals surface area contributed by atoms with Gasteiger partial charge in [0, 0.05) is 12.8 Å². The van der Waals surface area contributed by atoms with Crippen LogP contribution in [0.1, 0.15) is 155 Å². The van der Waals surface area contributed by atoms with Gasteiger partial charge < -0.3 is 64.2 Å². The summed E-state index contributed by atoms with van der Waals surface area (Å²) in [4.78, 5) is 25.7. The minimum Gasteiger partial charge on any atom is -0.462 e. The van der Waals surface area contributed by atoms with Crippen molar-refractivity contribution in [3.63, 3.8) is 0 Å². The summed E-state index contributed by atoms with van der Waals surface area (Å²) >= 11 is 0. The minimum absolute atomic E-state index is 0.0834. The van der Waals surface area contributed by atoms with Gasteiger partial charge in [-0.3, -0.25) is 9.59 Å². The molecule has 2 heterocycles. The zero-order valence-corrected chi connectivity index (χ0v) is 41.1. The van der Waals surface area contributed by atoms with Gasteiger partial charge in [0.2, 0.25) is 0 Å². The first-order valence-electron chi connectivity index (χ1n) is 25.5. The quantitative estimate of drug-likeness (QED) is 0.0187. The molecule has 4 unspecified atom stereocenters. The Bertz CT molecular complexity index is 1460. The zero-order valence-electron chi connectivity index (χ0n) is 41.1. The molecule has 11 atom stereocenters. The van der Waals surface area contributed by atoms with E-state index in [2.05, 4.69) is 74.6 Å². The molecule has 7 N–H and O–H groups in total. The highest BCUT2D eigenvalue weighted by atomic mass is 16.7. The largest absolute Gasteiger partial charge is 0.462 e. The molecule has 15 heteroatoms. The van der Waals surface area contributed by atoms with E-state index >= 15 is 0 Å². The van der Waals surface area contributed by atoms with E-state index in [1.165, 1.54) is 51.4 Å². The highest BCUT2D eigenvalue weighted by Crippen LogP contribution is 2.26. The van der Waals surface area contributed by atoms with Crippen LogP contribution in [0, 0.1) is 0 Å². The highest BCUT2D eigenvalue weighted by Gasteiger charge is 2.47. The van der Waals surface area contributed by atoms with Crippen LogP contribution < -0.4 is 0 Å². The first-order valence-corrected chi connectivity index (χ1v) is 25.5. The number of aliphatic hydroxyl groups excluding tert-OH is 7. The lowest BCUT2D eigenvalue weighted by molar-refractivity contribution is -0.332. The Balaban J connectivity index is 1.84. The van der Waals surface area contributed by atoms with Crippen molar-refractivity contribution in [2.45, 2.75) is 223 Å². The van der Waals surface area contributed by atoms with Crippen LogP contribution in [0.5, 0.6) is 0 Å². The first-order chi connectivity index (χ1) is 33.0. The Kier molecular flexibility index (Phi) is 35.6. The molecule has 0 aromatic rings. The lowest BCUT2D eigenvalue weighted by Crippen LogP contribution is -2.61. The molecule has 2 saturated heterocycles. The molecule has 2 aliphatic rings. The van der Waals surface area contributed by atoms with E-state index in [0.717, 1.165) is 57.8 Å². The third kappa shape index (κ3) is 27.4. The summed E-state index contributed by atoms with van der Waals surface area (Å²) in [5.41, 5.74) is 0. The molecule has 2 fully saturated rings. The van der Waals surface area contributed by atoms with Crippen LogP contribution in [0.2, 0.25) is 0 Å². The normalized spacial score (nSPS) is 26.4. The zero-order chi connectivity index (χ0) is 49.6. The molecule has 2 rings (SSSR count). The number of allylic oxidation sites excluding steroid dienone is 12. The van der Waals surface area contributed by atoms with E-state index in [4.69, 9.17) is 28.4 Å². The van der Waals surface area contributed by atoms with Gasteiger partial charge in [-0.1, -0.05) is 145 Å². The molecular formula is C53H88O15. The fraction of sp³-hybridized carbons (Fsp3) is 0.736. The van der Waals surface area contributed by atoms with Crippen molar-refractivity contribution in [1.29, 1.82) is 0 Å². The molecule has 0 spiro atoms. The van der Waals surface area contributed by atoms with E-state index in [1.54, 1.807) is 0 Å². The summed E-state index contributed by atoms with van der Waals surface area (Å²) in [7, 11) is 0. The Morgan fingerprint density at radius 1 is 0.485 bits per heavy atom. The number of ether oxygens (including phenoxy) is 6. The van der Waals surface area contributed by atoms with Crippen LogP contribution in [0.3, 0.4) is 0 Å². The molecule has 0 aromatic carbocycles. The number of rotatable bonds is 38. The van der Waals surface area contributed by atoms with Gasteiger partial charge in [0.25, 0.3) is 0 Å². The average molecular weight is 965 g/mol. The second-order valence-electron chi connectivity index (χ2n) is 17.6. The van der Waals surface area contributed by atoms with Gasteiger partial charge in [0.1, 0.15) is 55.4 Å². The number of unbranched alkanes of at least 4 members (excludes halogenated alkanes) is 12. The molecule has 0 aromatic heterocycles. The van der Waals surface area contributed by atoms with Gasteiger partial charge in [0.05, 0.1) is 19.8 Å². The predicted molar refractivity (Wildman–Crippen MR) is 261 cm³/mol. The van der Waals surface area contributed by atoms with E-state index < -0.39 is 99.3 Å². The van der Waals surface area contributed by atoms with Gasteiger partial charge in [-0.15, -0.1) is 0 Å². The maximum atomic E-state index is 13.0. The number of carbonyl (C=O) groups is 2. The van der Waals surface area contributed by atoms with E-state index in [9.17, 15) is 45.3 Å². The molecule has 0 radical (unpaired) electrons. The molecule has 0 bridgehead atoms. The Hall–Kier alpha value is -3.06. The number of hydrogen-bond acceptors (Lipinski definition) is 15. The van der Waals surface area contributed by atoms with Crippen LogP contribution in [-0.4, -0.2) is 142 Å². The third-order valence-electron chi connectivity index (χ3n) is 11.7. The Morgan fingerprint density at radius 2 is 0.941 bits per heavy atom. The second-order valence-corrected chi connectivity index (χ2v) is 17.6. The number of hydrogen-bond donors (Lipinski definition) is 7. The van der Waals surface area contributed by atoms with Crippen molar-refractivity contribution in [2.24, 2.45) is 0 Å². The van der Waals surface area contributed by atoms with Crippen LogP contribution in [0.4, 0.5) is 0 Å². The van der Waals surface area contributed by atoms with Gasteiger partial charge in [0.15, 0.2) is 18.7 Å². The monoisotopic (exact) mass is 965 g/mol. The Morgan fingerprint density at radius 3 is 1.51 bits per heavy atom. The predicted octanol–water partition coefficient (Wildman–Crippen LogP) is 7.04. The first kappa shape index (κ1) is 61.1. The minimum atomic E-state index is -1.78. The van der Waals surface area contributed by atoms with Crippen molar-refractivity contribution in [3.05, 3.63) is 72.9 Å². The van der Waals surface area contributed by atoms with Crippen molar-refractivity contribution in [2.75, 3.05) is 26.4 Å². The average Bonchev–Trinajstić information content (AvgIpc) is 3.33. The standard InChI is InChI=1S/C53H88O15/c1-3-5-7-9-11-13-15-17-19-20-22-24-26-28-30-32-34-36-45(56)66-41(38-63-44(55)35-33-31-29-27-25-23-21-18-16-14-12-10-8-6-4-2)39-64-52-51(62)49(60)47(58)43(68-52)40-65-53-50(61)48(59)46(57)42(37-54)67-53/h5,7,10-13,17,19,22,24,28,30,41-43,46-54,57-62H,3-4,6,8-9,14-16,18,20-21,23,25-27,29,31-40H2,1-2H3/b7-5+,12-10+,13-11+,19-17+,24-22+,30-28+/t41-,42+,43+,46-,47-,48?,49?,50?,51?,52+,53+/m1/s1. The second kappa shape index (κ2) is 39.6. The summed E-state index contributed by atoms with van der Waals surface area (Å²) in [6.07, 6.45) is 29.3. The molecule has 0 amide bonds. The molecule has 0 aliphatic carbocycles. The molecule has 0 saturated carbocycles. The van der Waals surface area contributed by atoms with E-state index in [0.29, 0.717) is 19.3 Å². The smallest absolute Gasteiger partial charge is 0.306 e. The fourth-order valence-corrected chi connectivity index (χ4v) is 7.47. The van der Waals surface area contributed by atoms with Gasteiger partial charge in [-0.2, -0.15) is 0 Å². The van der Waals surface area contributed by atoms with Crippen LogP contribution in [-0.2, 0) is 38.0 Å². The van der Waals surface area contributed by atoms with Crippen molar-refractivity contribution in [3.8, 4) is 0 Å². The molecule has 15 nitrogen and oxygen atoms in total. The summed E-state index contributed by atoms with van der Waals surface area (Å²) in [5.74, 6) is -1.00. The molecule has 2 aliphatic heterocycles. The number of aliphatic hydroxyl groups is 7. The summed E-state index contributed by atoms with van der Waals surface area (Å²) in [6, 6.07) is 0. The van der Waals surface area contributed by atoms with E-state index in [-0.39, 0.29) is 19.4 Å². The molecular weight excluding hydrogens is 877 g/mol. The van der Waals surface area contributed by atoms with Crippen molar-refractivity contribution < 1.29 is 73.8 Å². The van der Waals surface area contributed by atoms with Crippen LogP contribution >= 0.6 is 0 Å². The SMILES string of the molecule is CC/C=C/C/C=C/C/C=C/C/C=C/C/C=C/CCCC(=O)O[C@H](COC(=O)CCCCCCCCCCC/C=C/CCCC)CO[C@H]1O[C@@H](CO[C@H]2O[C@@H](CO)[C@@H](O)C(O)C2O)[C@@H](O)C(O)C1O. The highest BCUT2D eigenvalue weighted by molar-refractivity contribution is 5.70. The lowest BCUT2D eigenvalue weighted by atomic mass is 9.98. The van der Waals surface area contributed by atoms with Gasteiger partial charge in [-0.25, -0.2) is 0 Å².